The Labute approximate surface area is 201 Å². The van der Waals surface area contributed by atoms with E-state index in [-0.39, 0.29) is 36.8 Å². The van der Waals surface area contributed by atoms with Crippen molar-refractivity contribution < 1.29 is 23.9 Å². The van der Waals surface area contributed by atoms with Crippen LogP contribution in [-0.4, -0.2) is 40.0 Å². The second-order valence-electron chi connectivity index (χ2n) is 7.12. The minimum atomic E-state index is -1.09. The van der Waals surface area contributed by atoms with Gasteiger partial charge in [-0.05, 0) is 49.7 Å². The quantitative estimate of drug-likeness (QED) is 0.451. The van der Waals surface area contributed by atoms with Crippen LogP contribution < -0.4 is 10.5 Å². The van der Waals surface area contributed by atoms with E-state index in [4.69, 9.17) is 36.4 Å². The normalized spacial score (nSPS) is 11.4. The van der Waals surface area contributed by atoms with E-state index in [9.17, 15) is 10.1 Å². The molecule has 0 radical (unpaired) electrons. The monoisotopic (exact) mass is 492 g/mol. The van der Waals surface area contributed by atoms with E-state index in [0.717, 1.165) is 0 Å². The third-order valence-corrected chi connectivity index (χ3v) is 4.60. The Morgan fingerprint density at radius 2 is 2.06 bits per heavy atom. The summed E-state index contributed by atoms with van der Waals surface area (Å²) in [4.78, 5) is 16.0. The maximum Gasteiger partial charge on any atom is 0.325 e. The van der Waals surface area contributed by atoms with Gasteiger partial charge in [-0.15, -0.1) is 12.4 Å². The molecular formula is C22H22Cl2N4O5. The predicted octanol–water partition coefficient (Wildman–Crippen LogP) is 3.50. The summed E-state index contributed by atoms with van der Waals surface area (Å²) in [6.45, 7) is 3.21. The van der Waals surface area contributed by atoms with Crippen LogP contribution in [0.25, 0.3) is 22.8 Å². The van der Waals surface area contributed by atoms with Gasteiger partial charge in [-0.1, -0.05) is 22.8 Å². The number of nitrogens with two attached hydrogens (primary N) is 1. The van der Waals surface area contributed by atoms with Crippen molar-refractivity contribution in [2.75, 3.05) is 6.61 Å². The number of esters is 1. The molecule has 0 aliphatic rings. The molecule has 1 aromatic heterocycles. The molecule has 3 aromatic rings. The Balaban J connectivity index is 0.00000385. The van der Waals surface area contributed by atoms with Gasteiger partial charge in [-0.25, -0.2) is 0 Å². The fourth-order valence-electron chi connectivity index (χ4n) is 2.72. The highest BCUT2D eigenvalue weighted by molar-refractivity contribution is 6.33. The van der Waals surface area contributed by atoms with Crippen LogP contribution in [0.5, 0.6) is 5.75 Å². The summed E-state index contributed by atoms with van der Waals surface area (Å²) < 4.78 is 16.0. The number of hydrogen-bond donors (Lipinski definition) is 2. The number of rotatable bonds is 8. The summed E-state index contributed by atoms with van der Waals surface area (Å²) in [6.07, 6.45) is -0.0667. The fourth-order valence-corrected chi connectivity index (χ4v) is 3.01. The van der Waals surface area contributed by atoms with Gasteiger partial charge in [0.2, 0.25) is 5.82 Å². The van der Waals surface area contributed by atoms with Crippen LogP contribution in [0.2, 0.25) is 5.02 Å². The van der Waals surface area contributed by atoms with Crippen molar-refractivity contribution in [1.29, 1.82) is 5.26 Å². The number of hydrogen-bond acceptors (Lipinski definition) is 9. The number of aromatic nitrogens is 2. The van der Waals surface area contributed by atoms with Crippen LogP contribution >= 0.6 is 24.0 Å². The van der Waals surface area contributed by atoms with Gasteiger partial charge < -0.3 is 24.8 Å². The van der Waals surface area contributed by atoms with Crippen molar-refractivity contribution in [3.8, 4) is 34.7 Å². The van der Waals surface area contributed by atoms with Crippen LogP contribution in [0.15, 0.2) is 40.9 Å². The number of carbonyl (C=O) groups is 1. The molecule has 0 saturated heterocycles. The molecular weight excluding hydrogens is 471 g/mol. The zero-order valence-corrected chi connectivity index (χ0v) is 19.4. The first-order chi connectivity index (χ1) is 15.3. The van der Waals surface area contributed by atoms with Crippen molar-refractivity contribution >= 4 is 30.0 Å². The average Bonchev–Trinajstić information content (AvgIpc) is 3.26. The Kier molecular flexibility index (Phi) is 9.20. The van der Waals surface area contributed by atoms with Crippen LogP contribution in [0.1, 0.15) is 25.0 Å². The van der Waals surface area contributed by atoms with E-state index in [1.54, 1.807) is 36.4 Å². The van der Waals surface area contributed by atoms with Gasteiger partial charge in [0.1, 0.15) is 24.5 Å². The van der Waals surface area contributed by atoms with Gasteiger partial charge in [0, 0.05) is 11.1 Å². The number of nitrogens with zero attached hydrogens (tertiary/aromatic N) is 3. The number of ether oxygens (including phenoxy) is 2. The van der Waals surface area contributed by atoms with Gasteiger partial charge in [-0.3, -0.25) is 4.79 Å². The van der Waals surface area contributed by atoms with Gasteiger partial charge >= 0.3 is 5.97 Å². The highest BCUT2D eigenvalue weighted by Crippen LogP contribution is 2.31. The first-order valence-electron chi connectivity index (χ1n) is 9.69. The minimum Gasteiger partial charge on any atom is -0.490 e. The molecule has 1 atom stereocenters. The summed E-state index contributed by atoms with van der Waals surface area (Å²) in [7, 11) is 0. The van der Waals surface area contributed by atoms with E-state index >= 15 is 0 Å². The van der Waals surface area contributed by atoms with E-state index in [1.165, 1.54) is 0 Å². The zero-order chi connectivity index (χ0) is 23.3. The molecule has 0 unspecified atom stereocenters. The standard InChI is InChI=1S/C22H21ClN4O5.ClH/c1-12(2)31-19-6-4-14(8-15(19)9-24)21-26-20(27-32-21)16-5-3-13(7-17(16)23)11-30-22(29)18(25)10-28;/h3-8,12,18,28H,10-11,25H2,1-2H3;1H/t18-;/m0./s1. The summed E-state index contributed by atoms with van der Waals surface area (Å²) in [5.41, 5.74) is 7.47. The number of nitriles is 1. The molecule has 0 aliphatic heterocycles. The third kappa shape index (κ3) is 6.43. The SMILES string of the molecule is CC(C)Oc1ccc(-c2nc(-c3ccc(COC(=O)[C@@H](N)CO)cc3Cl)no2)cc1C#N.Cl. The third-order valence-electron chi connectivity index (χ3n) is 4.29. The van der Waals surface area contributed by atoms with E-state index in [2.05, 4.69) is 16.2 Å². The number of aliphatic hydroxyl groups excluding tert-OH is 1. The van der Waals surface area contributed by atoms with Crippen LogP contribution in [0.3, 0.4) is 0 Å². The van der Waals surface area contributed by atoms with Crippen molar-refractivity contribution in [1.82, 2.24) is 10.1 Å². The zero-order valence-electron chi connectivity index (χ0n) is 17.8. The van der Waals surface area contributed by atoms with Gasteiger partial charge in [0.25, 0.3) is 5.89 Å². The Bertz CT molecular complexity index is 1160. The van der Waals surface area contributed by atoms with Gasteiger partial charge in [0.15, 0.2) is 0 Å². The lowest BCUT2D eigenvalue weighted by Crippen LogP contribution is -2.35. The molecule has 0 aliphatic carbocycles. The van der Waals surface area contributed by atoms with Crippen LogP contribution in [0, 0.1) is 11.3 Å². The van der Waals surface area contributed by atoms with E-state index in [1.807, 2.05) is 13.8 Å². The topological polar surface area (TPSA) is 144 Å². The van der Waals surface area contributed by atoms with Crippen molar-refractivity contribution in [2.45, 2.75) is 32.6 Å². The molecule has 33 heavy (non-hydrogen) atoms. The number of halogens is 2. The molecule has 3 N–H and O–H groups in total. The Morgan fingerprint density at radius 3 is 2.70 bits per heavy atom. The highest BCUT2D eigenvalue weighted by atomic mass is 35.5. The summed E-state index contributed by atoms with van der Waals surface area (Å²) >= 11 is 6.35. The Hall–Kier alpha value is -3.16. The molecule has 0 amide bonds. The maximum absolute atomic E-state index is 11.6. The predicted molar refractivity (Wildman–Crippen MR) is 123 cm³/mol. The van der Waals surface area contributed by atoms with E-state index in [0.29, 0.717) is 33.0 Å². The van der Waals surface area contributed by atoms with Gasteiger partial charge in [-0.2, -0.15) is 10.2 Å². The molecule has 174 valence electrons. The molecule has 0 spiro atoms. The van der Waals surface area contributed by atoms with Crippen LogP contribution in [-0.2, 0) is 16.1 Å². The highest BCUT2D eigenvalue weighted by Gasteiger charge is 2.17. The lowest BCUT2D eigenvalue weighted by molar-refractivity contribution is -0.147. The van der Waals surface area contributed by atoms with Gasteiger partial charge in [0.05, 0.1) is 23.3 Å². The summed E-state index contributed by atoms with van der Waals surface area (Å²) in [6, 6.07) is 11.0. The van der Waals surface area contributed by atoms with Crippen molar-refractivity contribution in [3.05, 3.63) is 52.5 Å². The minimum absolute atomic E-state index is 0. The lowest BCUT2D eigenvalue weighted by atomic mass is 10.1. The number of benzene rings is 2. The van der Waals surface area contributed by atoms with Crippen molar-refractivity contribution in [3.63, 3.8) is 0 Å². The maximum atomic E-state index is 11.6. The molecule has 0 bridgehead atoms. The smallest absolute Gasteiger partial charge is 0.325 e. The lowest BCUT2D eigenvalue weighted by Gasteiger charge is -2.11. The Morgan fingerprint density at radius 1 is 1.30 bits per heavy atom. The summed E-state index contributed by atoms with van der Waals surface area (Å²) in [5, 5.41) is 22.6. The van der Waals surface area contributed by atoms with Crippen molar-refractivity contribution in [2.24, 2.45) is 5.73 Å². The fraction of sp³-hybridized carbons (Fsp3) is 0.273. The molecule has 0 saturated carbocycles. The second-order valence-corrected chi connectivity index (χ2v) is 7.53. The first-order valence-corrected chi connectivity index (χ1v) is 10.1. The second kappa shape index (κ2) is 11.6. The first kappa shape index (κ1) is 26.1. The molecule has 9 nitrogen and oxygen atoms in total. The molecule has 3 rings (SSSR count). The molecule has 2 aromatic carbocycles. The molecule has 1 heterocycles. The number of carbonyl (C=O) groups excluding carboxylic acids is 1. The molecule has 0 fully saturated rings. The van der Waals surface area contributed by atoms with Crippen LogP contribution in [0.4, 0.5) is 0 Å². The molecule has 11 heteroatoms. The summed E-state index contributed by atoms with van der Waals surface area (Å²) in [5.74, 6) is 0.249. The number of aliphatic hydroxyl groups is 1. The average molecular weight is 493 g/mol. The largest absolute Gasteiger partial charge is 0.490 e. The van der Waals surface area contributed by atoms with E-state index < -0.39 is 18.6 Å².